The molecule has 90 valence electrons. The second kappa shape index (κ2) is 4.24. The average Bonchev–Trinajstić information content (AvgIpc) is 2.63. The number of carbonyl (C=O) groups excluding carboxylic acids is 1. The maximum absolute atomic E-state index is 11.9. The van der Waals surface area contributed by atoms with Crippen LogP contribution in [-0.4, -0.2) is 10.9 Å². The van der Waals surface area contributed by atoms with E-state index < -0.39 is 0 Å². The molecule has 0 radical (unpaired) electrons. The number of aromatic nitrogens is 1. The molecule has 2 N–H and O–H groups in total. The van der Waals surface area contributed by atoms with Crippen LogP contribution in [0.3, 0.4) is 0 Å². The van der Waals surface area contributed by atoms with E-state index in [1.165, 1.54) is 0 Å². The van der Waals surface area contributed by atoms with Crippen molar-refractivity contribution in [2.45, 2.75) is 27.2 Å². The molecule has 2 rings (SSSR count). The van der Waals surface area contributed by atoms with Gasteiger partial charge >= 0.3 is 0 Å². The van der Waals surface area contributed by atoms with Gasteiger partial charge in [-0.15, -0.1) is 0 Å². The molecular weight excluding hydrogens is 212 g/mol. The zero-order valence-corrected chi connectivity index (χ0v) is 10.5. The van der Waals surface area contributed by atoms with Crippen LogP contribution in [0.5, 0.6) is 0 Å². The molecule has 17 heavy (non-hydrogen) atoms. The molecule has 0 fully saturated rings. The summed E-state index contributed by atoms with van der Waals surface area (Å²) in [5, 5.41) is 4.02. The van der Waals surface area contributed by atoms with Gasteiger partial charge in [0.1, 0.15) is 0 Å². The zero-order valence-electron chi connectivity index (χ0n) is 10.5. The third-order valence-electron chi connectivity index (χ3n) is 2.56. The van der Waals surface area contributed by atoms with Crippen LogP contribution in [0.2, 0.25) is 0 Å². The van der Waals surface area contributed by atoms with E-state index in [4.69, 9.17) is 0 Å². The average molecular weight is 230 g/mol. The Hall–Kier alpha value is -1.77. The van der Waals surface area contributed by atoms with Crippen molar-refractivity contribution >= 4 is 22.5 Å². The van der Waals surface area contributed by atoms with Gasteiger partial charge in [-0.3, -0.25) is 4.79 Å². The first kappa shape index (κ1) is 11.7. The summed E-state index contributed by atoms with van der Waals surface area (Å²) in [5.74, 6) is 0.0613. The number of carbonyl (C=O) groups is 1. The highest BCUT2D eigenvalue weighted by molar-refractivity contribution is 6.01. The Labute approximate surface area is 101 Å². The Morgan fingerprint density at radius 2 is 2.06 bits per heavy atom. The Balaban J connectivity index is 2.18. The van der Waals surface area contributed by atoms with Crippen LogP contribution in [0.15, 0.2) is 30.5 Å². The van der Waals surface area contributed by atoms with Crippen molar-refractivity contribution in [2.75, 3.05) is 5.32 Å². The van der Waals surface area contributed by atoms with Gasteiger partial charge in [0, 0.05) is 23.5 Å². The normalized spacial score (nSPS) is 11.7. The fourth-order valence-corrected chi connectivity index (χ4v) is 1.87. The van der Waals surface area contributed by atoms with Gasteiger partial charge in [0.25, 0.3) is 0 Å². The molecule has 0 atom stereocenters. The summed E-state index contributed by atoms with van der Waals surface area (Å²) in [4.78, 5) is 15.0. The molecule has 0 aliphatic carbocycles. The standard InChI is InChI=1S/C14H18N2O/c1-14(2,3)9-13(17)16-12-6-4-5-11-10(12)7-8-15-11/h4-8,15H,9H2,1-3H3,(H,16,17). The summed E-state index contributed by atoms with van der Waals surface area (Å²) in [6.07, 6.45) is 2.40. The van der Waals surface area contributed by atoms with Gasteiger partial charge in [-0.05, 0) is 23.6 Å². The molecule has 1 aromatic heterocycles. The van der Waals surface area contributed by atoms with Gasteiger partial charge in [0.15, 0.2) is 0 Å². The van der Waals surface area contributed by atoms with Crippen LogP contribution in [0.4, 0.5) is 5.69 Å². The minimum absolute atomic E-state index is 0.0100. The highest BCUT2D eigenvalue weighted by Crippen LogP contribution is 2.24. The number of anilines is 1. The van der Waals surface area contributed by atoms with Crippen molar-refractivity contribution in [2.24, 2.45) is 5.41 Å². The quantitative estimate of drug-likeness (QED) is 0.814. The topological polar surface area (TPSA) is 44.9 Å². The Morgan fingerprint density at radius 1 is 1.29 bits per heavy atom. The lowest BCUT2D eigenvalue weighted by Crippen LogP contribution is -2.19. The van der Waals surface area contributed by atoms with Crippen LogP contribution in [-0.2, 0) is 4.79 Å². The van der Waals surface area contributed by atoms with E-state index in [1.54, 1.807) is 0 Å². The van der Waals surface area contributed by atoms with Crippen molar-refractivity contribution < 1.29 is 4.79 Å². The van der Waals surface area contributed by atoms with Gasteiger partial charge in [0.05, 0.1) is 5.69 Å². The zero-order chi connectivity index (χ0) is 12.5. The van der Waals surface area contributed by atoms with Crippen LogP contribution < -0.4 is 5.32 Å². The van der Waals surface area contributed by atoms with E-state index in [0.717, 1.165) is 16.6 Å². The molecule has 1 amide bonds. The monoisotopic (exact) mass is 230 g/mol. The molecule has 0 saturated heterocycles. The summed E-state index contributed by atoms with van der Waals surface area (Å²) in [6.45, 7) is 6.18. The largest absolute Gasteiger partial charge is 0.361 e. The highest BCUT2D eigenvalue weighted by Gasteiger charge is 2.16. The van der Waals surface area contributed by atoms with Crippen molar-refractivity contribution in [3.05, 3.63) is 30.5 Å². The van der Waals surface area contributed by atoms with E-state index in [-0.39, 0.29) is 11.3 Å². The predicted octanol–water partition coefficient (Wildman–Crippen LogP) is 3.54. The number of hydrogen-bond acceptors (Lipinski definition) is 1. The minimum atomic E-state index is 0.0100. The molecular formula is C14H18N2O. The molecule has 3 nitrogen and oxygen atoms in total. The number of aromatic amines is 1. The van der Waals surface area contributed by atoms with E-state index in [2.05, 4.69) is 31.1 Å². The smallest absolute Gasteiger partial charge is 0.224 e. The number of nitrogens with one attached hydrogen (secondary N) is 2. The third kappa shape index (κ3) is 2.87. The molecule has 0 saturated carbocycles. The molecule has 0 aliphatic rings. The van der Waals surface area contributed by atoms with Crippen LogP contribution in [0.1, 0.15) is 27.2 Å². The first-order valence-corrected chi connectivity index (χ1v) is 5.82. The Kier molecular flexibility index (Phi) is 2.92. The second-order valence-electron chi connectivity index (χ2n) is 5.53. The van der Waals surface area contributed by atoms with E-state index in [1.807, 2.05) is 30.5 Å². The summed E-state index contributed by atoms with van der Waals surface area (Å²) < 4.78 is 0. The van der Waals surface area contributed by atoms with Crippen molar-refractivity contribution in [3.63, 3.8) is 0 Å². The SMILES string of the molecule is CC(C)(C)CC(=O)Nc1cccc2[nH]ccc12. The number of hydrogen-bond donors (Lipinski definition) is 2. The van der Waals surface area contributed by atoms with Crippen LogP contribution in [0.25, 0.3) is 10.9 Å². The predicted molar refractivity (Wildman–Crippen MR) is 71.0 cm³/mol. The summed E-state index contributed by atoms with van der Waals surface area (Å²) in [7, 11) is 0. The van der Waals surface area contributed by atoms with Gasteiger partial charge in [-0.25, -0.2) is 0 Å². The third-order valence-corrected chi connectivity index (χ3v) is 2.56. The van der Waals surface area contributed by atoms with Gasteiger partial charge in [-0.1, -0.05) is 26.8 Å². The molecule has 0 bridgehead atoms. The summed E-state index contributed by atoms with van der Waals surface area (Å²) in [5.41, 5.74) is 1.92. The van der Waals surface area contributed by atoms with E-state index >= 15 is 0 Å². The molecule has 0 unspecified atom stereocenters. The number of rotatable bonds is 2. The molecule has 1 heterocycles. The fourth-order valence-electron chi connectivity index (χ4n) is 1.87. The van der Waals surface area contributed by atoms with Crippen molar-refractivity contribution in [1.82, 2.24) is 4.98 Å². The maximum atomic E-state index is 11.9. The van der Waals surface area contributed by atoms with E-state index in [9.17, 15) is 4.79 Å². The maximum Gasteiger partial charge on any atom is 0.224 e. The summed E-state index contributed by atoms with van der Waals surface area (Å²) in [6, 6.07) is 7.83. The Morgan fingerprint density at radius 3 is 2.76 bits per heavy atom. The fraction of sp³-hybridized carbons (Fsp3) is 0.357. The van der Waals surface area contributed by atoms with Crippen LogP contribution >= 0.6 is 0 Å². The van der Waals surface area contributed by atoms with Crippen LogP contribution in [0, 0.1) is 5.41 Å². The molecule has 0 aliphatic heterocycles. The first-order chi connectivity index (χ1) is 7.96. The summed E-state index contributed by atoms with van der Waals surface area (Å²) >= 11 is 0. The number of amides is 1. The molecule has 2 aromatic rings. The van der Waals surface area contributed by atoms with Crippen molar-refractivity contribution in [1.29, 1.82) is 0 Å². The Bertz CT molecular complexity index is 534. The second-order valence-corrected chi connectivity index (χ2v) is 5.53. The lowest BCUT2D eigenvalue weighted by atomic mass is 9.92. The number of fused-ring (bicyclic) bond motifs is 1. The van der Waals surface area contributed by atoms with Gasteiger partial charge in [0.2, 0.25) is 5.91 Å². The number of benzene rings is 1. The first-order valence-electron chi connectivity index (χ1n) is 5.82. The molecule has 1 aromatic carbocycles. The number of H-pyrrole nitrogens is 1. The lowest BCUT2D eigenvalue weighted by molar-refractivity contribution is -0.117. The molecule has 0 spiro atoms. The minimum Gasteiger partial charge on any atom is -0.361 e. The lowest BCUT2D eigenvalue weighted by Gasteiger charge is -2.17. The van der Waals surface area contributed by atoms with Gasteiger partial charge in [-0.2, -0.15) is 0 Å². The van der Waals surface area contributed by atoms with Gasteiger partial charge < -0.3 is 10.3 Å². The molecule has 3 heteroatoms. The van der Waals surface area contributed by atoms with E-state index in [0.29, 0.717) is 6.42 Å². The highest BCUT2D eigenvalue weighted by atomic mass is 16.1. The van der Waals surface area contributed by atoms with Crippen molar-refractivity contribution in [3.8, 4) is 0 Å².